The first-order chi connectivity index (χ1) is 2.94. The van der Waals surface area contributed by atoms with Crippen LogP contribution in [0.1, 0.15) is 0 Å². The highest BCUT2D eigenvalue weighted by atomic mass is 79.9. The lowest BCUT2D eigenvalue weighted by atomic mass is 11.3. The van der Waals surface area contributed by atoms with Crippen molar-refractivity contribution in [3.8, 4) is 0 Å². The van der Waals surface area contributed by atoms with Crippen molar-refractivity contribution in [1.29, 1.82) is 0 Å². The molecule has 0 aromatic heterocycles. The van der Waals surface area contributed by atoms with Gasteiger partial charge in [0.2, 0.25) is 0 Å². The summed E-state index contributed by atoms with van der Waals surface area (Å²) in [4.78, 5) is 0. The van der Waals surface area contributed by atoms with Gasteiger partial charge in [0.1, 0.15) is 3.81 Å². The average Bonchev–Trinajstić information content (AvgIpc) is 1.31. The molecule has 3 nitrogen and oxygen atoms in total. The Hall–Kier alpha value is 0.130. The first-order valence-electron chi connectivity index (χ1n) is 1.26. The Balaban J connectivity index is 4.43. The van der Waals surface area contributed by atoms with E-state index >= 15 is 0 Å². The van der Waals surface area contributed by atoms with E-state index < -0.39 is 13.9 Å². The molecule has 0 saturated carbocycles. The van der Waals surface area contributed by atoms with Gasteiger partial charge in [-0.1, -0.05) is 6.58 Å². The van der Waals surface area contributed by atoms with Gasteiger partial charge in [0.05, 0.1) is 0 Å². The minimum absolute atomic E-state index is 0.417. The summed E-state index contributed by atoms with van der Waals surface area (Å²) in [5, 5.41) is 0. The summed E-state index contributed by atoms with van der Waals surface area (Å²) in [7, 11) is -4.02. The van der Waals surface area contributed by atoms with E-state index in [0.717, 1.165) is 0 Å². The van der Waals surface area contributed by atoms with Gasteiger partial charge in [-0.15, -0.1) is 0 Å². The Labute approximate surface area is 49.9 Å². The van der Waals surface area contributed by atoms with Gasteiger partial charge in [0, 0.05) is 0 Å². The lowest BCUT2D eigenvalue weighted by molar-refractivity contribution is 0.494. The van der Waals surface area contributed by atoms with E-state index in [-0.39, 0.29) is 0 Å². The maximum absolute atomic E-state index is 9.74. The molecular weight excluding hydrogens is 184 g/mol. The minimum Gasteiger partial charge on any atom is -0.281 e. The zero-order valence-electron chi connectivity index (χ0n) is 3.26. The maximum atomic E-state index is 9.74. The van der Waals surface area contributed by atoms with E-state index in [9.17, 15) is 8.42 Å². The van der Waals surface area contributed by atoms with E-state index in [0.29, 0.717) is 0 Å². The normalized spacial score (nSPS) is 11.1. The van der Waals surface area contributed by atoms with Gasteiger partial charge >= 0.3 is 10.1 Å². The standard InChI is InChI=1S/C2H3BrO3S/c1-2(3)7(4,5)6/h1H2,(H,4,5,6). The third kappa shape index (κ3) is 2.78. The largest absolute Gasteiger partial charge is 0.300 e. The summed E-state index contributed by atoms with van der Waals surface area (Å²) in [6.07, 6.45) is 0. The summed E-state index contributed by atoms with van der Waals surface area (Å²) in [6, 6.07) is 0. The quantitative estimate of drug-likeness (QED) is 0.616. The van der Waals surface area contributed by atoms with Crippen LogP contribution in [-0.4, -0.2) is 13.0 Å². The van der Waals surface area contributed by atoms with E-state index in [1.807, 2.05) is 0 Å². The van der Waals surface area contributed by atoms with Crippen molar-refractivity contribution in [1.82, 2.24) is 0 Å². The first-order valence-corrected chi connectivity index (χ1v) is 3.50. The van der Waals surface area contributed by atoms with Crippen LogP contribution in [0.25, 0.3) is 0 Å². The topological polar surface area (TPSA) is 54.4 Å². The number of hydrogen-bond acceptors (Lipinski definition) is 2. The maximum Gasteiger partial charge on any atom is 0.300 e. The van der Waals surface area contributed by atoms with Crippen molar-refractivity contribution in [2.45, 2.75) is 0 Å². The van der Waals surface area contributed by atoms with Crippen LogP contribution in [0, 0.1) is 0 Å². The summed E-state index contributed by atoms with van der Waals surface area (Å²) in [5.41, 5.74) is 0. The summed E-state index contributed by atoms with van der Waals surface area (Å²) >= 11 is 2.46. The van der Waals surface area contributed by atoms with Crippen molar-refractivity contribution < 1.29 is 13.0 Å². The molecule has 0 atom stereocenters. The Morgan fingerprint density at radius 2 is 1.86 bits per heavy atom. The first kappa shape index (κ1) is 7.13. The predicted molar refractivity (Wildman–Crippen MR) is 29.6 cm³/mol. The number of halogens is 1. The Morgan fingerprint density at radius 3 is 1.86 bits per heavy atom. The lowest BCUT2D eigenvalue weighted by Crippen LogP contribution is -1.92. The Kier molecular flexibility index (Phi) is 1.97. The van der Waals surface area contributed by atoms with Crippen LogP contribution >= 0.6 is 15.9 Å². The molecule has 0 bridgehead atoms. The van der Waals surface area contributed by atoms with Crippen LogP contribution in [0.4, 0.5) is 0 Å². The second-order valence-corrected chi connectivity index (χ2v) is 3.76. The van der Waals surface area contributed by atoms with Crippen LogP contribution in [0.3, 0.4) is 0 Å². The molecular formula is C2H3BrO3S. The summed E-state index contributed by atoms with van der Waals surface area (Å²) in [6.45, 7) is 2.91. The van der Waals surface area contributed by atoms with Crippen LogP contribution < -0.4 is 0 Å². The van der Waals surface area contributed by atoms with Gasteiger partial charge in [0.25, 0.3) is 0 Å². The van der Waals surface area contributed by atoms with Crippen LogP contribution in [0.15, 0.2) is 10.4 Å². The average molecular weight is 187 g/mol. The molecule has 0 aliphatic rings. The van der Waals surface area contributed by atoms with E-state index in [1.54, 1.807) is 0 Å². The number of hydrogen-bond donors (Lipinski definition) is 1. The second-order valence-electron chi connectivity index (χ2n) is 0.830. The molecule has 0 saturated heterocycles. The highest BCUT2D eigenvalue weighted by Crippen LogP contribution is 2.06. The molecule has 0 aliphatic heterocycles. The molecule has 1 N–H and O–H groups in total. The van der Waals surface area contributed by atoms with Gasteiger partial charge in [0.15, 0.2) is 0 Å². The van der Waals surface area contributed by atoms with Crippen LogP contribution in [-0.2, 0) is 10.1 Å². The van der Waals surface area contributed by atoms with Crippen molar-refractivity contribution in [3.63, 3.8) is 0 Å². The molecule has 0 amide bonds. The van der Waals surface area contributed by atoms with Gasteiger partial charge < -0.3 is 0 Å². The number of rotatable bonds is 1. The predicted octanol–water partition coefficient (Wildman–Crippen LogP) is 0.740. The molecule has 0 radical (unpaired) electrons. The molecule has 0 heterocycles. The van der Waals surface area contributed by atoms with Crippen molar-refractivity contribution in [3.05, 3.63) is 10.4 Å². The Morgan fingerprint density at radius 1 is 1.71 bits per heavy atom. The minimum atomic E-state index is -4.02. The monoisotopic (exact) mass is 186 g/mol. The third-order valence-corrected chi connectivity index (χ3v) is 2.07. The molecule has 0 aromatic rings. The van der Waals surface area contributed by atoms with Crippen LogP contribution in [0.2, 0.25) is 0 Å². The highest BCUT2D eigenvalue weighted by Gasteiger charge is 2.03. The van der Waals surface area contributed by atoms with E-state index in [4.69, 9.17) is 4.55 Å². The van der Waals surface area contributed by atoms with Crippen molar-refractivity contribution in [2.75, 3.05) is 0 Å². The molecule has 0 aliphatic carbocycles. The van der Waals surface area contributed by atoms with Gasteiger partial charge in [-0.3, -0.25) is 4.55 Å². The molecule has 7 heavy (non-hydrogen) atoms. The highest BCUT2D eigenvalue weighted by molar-refractivity contribution is 9.13. The molecule has 0 rings (SSSR count). The summed E-state index contributed by atoms with van der Waals surface area (Å²) in [5.74, 6) is 0. The van der Waals surface area contributed by atoms with Gasteiger partial charge in [-0.25, -0.2) is 0 Å². The molecule has 0 spiro atoms. The van der Waals surface area contributed by atoms with E-state index in [2.05, 4.69) is 22.5 Å². The van der Waals surface area contributed by atoms with Gasteiger partial charge in [-0.05, 0) is 15.9 Å². The fraction of sp³-hybridized carbons (Fsp3) is 0. The molecule has 5 heteroatoms. The SMILES string of the molecule is C=C(Br)S(=O)(=O)O. The zero-order chi connectivity index (χ0) is 6.08. The molecule has 0 unspecified atom stereocenters. The smallest absolute Gasteiger partial charge is 0.281 e. The second kappa shape index (κ2) is 1.94. The Bertz CT molecular complexity index is 167. The molecule has 0 fully saturated rings. The lowest BCUT2D eigenvalue weighted by Gasteiger charge is -1.84. The zero-order valence-corrected chi connectivity index (χ0v) is 5.66. The fourth-order valence-corrected chi connectivity index (χ4v) is 0. The third-order valence-electron chi connectivity index (χ3n) is 0.280. The molecule has 0 aromatic carbocycles. The fourth-order valence-electron chi connectivity index (χ4n) is 0. The molecule has 42 valence electrons. The van der Waals surface area contributed by atoms with Crippen LogP contribution in [0.5, 0.6) is 0 Å². The van der Waals surface area contributed by atoms with Crippen molar-refractivity contribution >= 4 is 26.0 Å². The van der Waals surface area contributed by atoms with E-state index in [1.165, 1.54) is 0 Å². The van der Waals surface area contributed by atoms with Crippen molar-refractivity contribution in [2.24, 2.45) is 0 Å². The van der Waals surface area contributed by atoms with Gasteiger partial charge in [-0.2, -0.15) is 8.42 Å². The summed E-state index contributed by atoms with van der Waals surface area (Å²) < 4.78 is 27.0.